The Kier molecular flexibility index (Phi) is 3.62. The fraction of sp³-hybridized carbons (Fsp3) is 0.200. The summed E-state index contributed by atoms with van der Waals surface area (Å²) in [4.78, 5) is 14.4. The van der Waals surface area contributed by atoms with E-state index in [1.165, 1.54) is 12.3 Å². The second kappa shape index (κ2) is 4.97. The van der Waals surface area contributed by atoms with Gasteiger partial charge in [0.15, 0.2) is 0 Å². The lowest BCUT2D eigenvalue weighted by atomic mass is 10.3. The molecule has 0 N–H and O–H groups in total. The predicted octanol–water partition coefficient (Wildman–Crippen LogP) is 1.14. The molecular formula is C10H8FNO2. The van der Waals surface area contributed by atoms with Crippen LogP contribution in [0.3, 0.4) is 0 Å². The molecule has 0 saturated heterocycles. The summed E-state index contributed by atoms with van der Waals surface area (Å²) in [5, 5.41) is 0. The van der Waals surface area contributed by atoms with Crippen molar-refractivity contribution in [3.63, 3.8) is 0 Å². The van der Waals surface area contributed by atoms with Gasteiger partial charge < -0.3 is 4.74 Å². The lowest BCUT2D eigenvalue weighted by Crippen LogP contribution is -1.99. The second-order valence-electron chi connectivity index (χ2n) is 2.36. The monoisotopic (exact) mass is 193 g/mol. The first-order valence-corrected chi connectivity index (χ1v) is 4.01. The molecule has 1 aromatic rings. The Hall–Kier alpha value is -1.89. The van der Waals surface area contributed by atoms with Crippen molar-refractivity contribution in [2.75, 3.05) is 6.61 Å². The number of esters is 1. The zero-order valence-corrected chi connectivity index (χ0v) is 7.58. The summed E-state index contributed by atoms with van der Waals surface area (Å²) < 4.78 is 17.2. The molecule has 0 radical (unpaired) electrons. The largest absolute Gasteiger partial charge is 0.456 e. The van der Waals surface area contributed by atoms with Crippen LogP contribution in [-0.4, -0.2) is 17.6 Å². The van der Waals surface area contributed by atoms with Gasteiger partial charge in [0.2, 0.25) is 0 Å². The molecule has 3 nitrogen and oxygen atoms in total. The average Bonchev–Trinajstić information content (AvgIpc) is 2.15. The van der Waals surface area contributed by atoms with E-state index >= 15 is 0 Å². The maximum absolute atomic E-state index is 12.6. The van der Waals surface area contributed by atoms with Gasteiger partial charge in [-0.1, -0.05) is 5.92 Å². The molecule has 4 heteroatoms. The van der Waals surface area contributed by atoms with Crippen LogP contribution in [0.5, 0.6) is 0 Å². The Bertz CT molecular complexity index is 393. The van der Waals surface area contributed by atoms with Crippen molar-refractivity contribution < 1.29 is 13.9 Å². The van der Waals surface area contributed by atoms with Crippen LogP contribution in [0.1, 0.15) is 12.5 Å². The Balaban J connectivity index is 2.72. The third-order valence-electron chi connectivity index (χ3n) is 1.29. The van der Waals surface area contributed by atoms with Crippen LogP contribution in [0.25, 0.3) is 0 Å². The minimum atomic E-state index is -0.628. The maximum atomic E-state index is 12.6. The van der Waals surface area contributed by atoms with Crippen molar-refractivity contribution in [3.05, 3.63) is 29.8 Å². The third kappa shape index (κ3) is 3.23. The van der Waals surface area contributed by atoms with Crippen LogP contribution < -0.4 is 0 Å². The molecule has 14 heavy (non-hydrogen) atoms. The highest BCUT2D eigenvalue weighted by Crippen LogP contribution is 1.97. The van der Waals surface area contributed by atoms with Gasteiger partial charge in [-0.05, 0) is 13.0 Å². The molecule has 0 atom stereocenters. The molecule has 0 aliphatic rings. The number of aromatic nitrogens is 1. The van der Waals surface area contributed by atoms with E-state index in [1.54, 1.807) is 6.92 Å². The van der Waals surface area contributed by atoms with E-state index in [2.05, 4.69) is 21.6 Å². The molecule has 0 aliphatic heterocycles. The molecular weight excluding hydrogens is 185 g/mol. The highest BCUT2D eigenvalue weighted by Gasteiger charge is 1.94. The van der Waals surface area contributed by atoms with Crippen molar-refractivity contribution in [1.29, 1.82) is 0 Å². The maximum Gasteiger partial charge on any atom is 0.384 e. The molecule has 0 aromatic carbocycles. The molecule has 0 unspecified atom stereocenters. The van der Waals surface area contributed by atoms with Crippen LogP contribution in [0.2, 0.25) is 0 Å². The molecule has 72 valence electrons. The fourth-order valence-electron chi connectivity index (χ4n) is 0.771. The molecule has 0 spiro atoms. The summed E-state index contributed by atoms with van der Waals surface area (Å²) in [6, 6.07) is 1.19. The Labute approximate surface area is 80.9 Å². The SMILES string of the molecule is CCOC(=O)C#Cc1cncc(F)c1. The topological polar surface area (TPSA) is 39.2 Å². The fourth-order valence-corrected chi connectivity index (χ4v) is 0.771. The van der Waals surface area contributed by atoms with Crippen LogP contribution in [0.15, 0.2) is 18.5 Å². The zero-order valence-electron chi connectivity index (χ0n) is 7.58. The minimum absolute atomic E-state index is 0.273. The number of halogens is 1. The molecule has 0 aliphatic carbocycles. The molecule has 0 fully saturated rings. The van der Waals surface area contributed by atoms with Gasteiger partial charge in [0.05, 0.1) is 12.8 Å². The van der Waals surface area contributed by atoms with Gasteiger partial charge in [-0.2, -0.15) is 0 Å². The number of ether oxygens (including phenoxy) is 1. The van der Waals surface area contributed by atoms with Gasteiger partial charge in [0.1, 0.15) is 5.82 Å². The molecule has 0 saturated carbocycles. The van der Waals surface area contributed by atoms with Crippen molar-refractivity contribution in [3.8, 4) is 11.8 Å². The smallest absolute Gasteiger partial charge is 0.384 e. The first kappa shape index (κ1) is 10.2. The van der Waals surface area contributed by atoms with E-state index in [-0.39, 0.29) is 6.61 Å². The number of rotatable bonds is 1. The van der Waals surface area contributed by atoms with E-state index in [0.717, 1.165) is 6.20 Å². The van der Waals surface area contributed by atoms with Crippen molar-refractivity contribution >= 4 is 5.97 Å². The summed E-state index contributed by atoms with van der Waals surface area (Å²) >= 11 is 0. The van der Waals surface area contributed by atoms with E-state index < -0.39 is 11.8 Å². The van der Waals surface area contributed by atoms with E-state index in [1.807, 2.05) is 0 Å². The Morgan fingerprint density at radius 1 is 1.64 bits per heavy atom. The highest BCUT2D eigenvalue weighted by molar-refractivity contribution is 5.89. The normalized spacial score (nSPS) is 8.71. The first-order chi connectivity index (χ1) is 6.72. The highest BCUT2D eigenvalue weighted by atomic mass is 19.1. The Morgan fingerprint density at radius 2 is 2.43 bits per heavy atom. The van der Waals surface area contributed by atoms with Crippen LogP contribution in [-0.2, 0) is 9.53 Å². The van der Waals surface area contributed by atoms with Crippen LogP contribution in [0, 0.1) is 17.7 Å². The van der Waals surface area contributed by atoms with Crippen LogP contribution in [0.4, 0.5) is 4.39 Å². The number of hydrogen-bond acceptors (Lipinski definition) is 3. The van der Waals surface area contributed by atoms with Gasteiger partial charge in [-0.3, -0.25) is 4.98 Å². The second-order valence-corrected chi connectivity index (χ2v) is 2.36. The van der Waals surface area contributed by atoms with E-state index in [4.69, 9.17) is 0 Å². The standard InChI is InChI=1S/C10H8FNO2/c1-2-14-10(13)4-3-8-5-9(11)7-12-6-8/h5-7H,2H2,1H3. The Morgan fingerprint density at radius 3 is 3.07 bits per heavy atom. The quantitative estimate of drug-likeness (QED) is 0.496. The molecule has 1 rings (SSSR count). The van der Waals surface area contributed by atoms with Gasteiger partial charge >= 0.3 is 5.97 Å². The summed E-state index contributed by atoms with van der Waals surface area (Å²) in [6.07, 6.45) is 2.44. The van der Waals surface area contributed by atoms with Gasteiger partial charge in [-0.25, -0.2) is 9.18 Å². The molecule has 0 bridgehead atoms. The summed E-state index contributed by atoms with van der Waals surface area (Å²) in [5.41, 5.74) is 0.345. The number of carbonyl (C=O) groups excluding carboxylic acids is 1. The van der Waals surface area contributed by atoms with Gasteiger partial charge in [0, 0.05) is 17.7 Å². The third-order valence-corrected chi connectivity index (χ3v) is 1.29. The summed E-state index contributed by atoms with van der Waals surface area (Å²) in [7, 11) is 0. The lowest BCUT2D eigenvalue weighted by molar-refractivity contribution is -0.136. The minimum Gasteiger partial charge on any atom is -0.456 e. The van der Waals surface area contributed by atoms with Gasteiger partial charge in [-0.15, -0.1) is 0 Å². The van der Waals surface area contributed by atoms with Crippen LogP contribution >= 0.6 is 0 Å². The lowest BCUT2D eigenvalue weighted by Gasteiger charge is -1.91. The van der Waals surface area contributed by atoms with Crippen molar-refractivity contribution in [2.24, 2.45) is 0 Å². The van der Waals surface area contributed by atoms with E-state index in [9.17, 15) is 9.18 Å². The summed E-state index contributed by atoms with van der Waals surface area (Å²) in [6.45, 7) is 1.96. The number of pyridine rings is 1. The number of hydrogen-bond donors (Lipinski definition) is 0. The number of carbonyl (C=O) groups is 1. The number of nitrogens with zero attached hydrogens (tertiary/aromatic N) is 1. The van der Waals surface area contributed by atoms with Crippen molar-refractivity contribution in [1.82, 2.24) is 4.98 Å². The molecule has 1 aromatic heterocycles. The first-order valence-electron chi connectivity index (χ1n) is 4.01. The predicted molar refractivity (Wildman–Crippen MR) is 47.7 cm³/mol. The van der Waals surface area contributed by atoms with E-state index in [0.29, 0.717) is 5.56 Å². The molecule has 0 amide bonds. The van der Waals surface area contributed by atoms with Crippen molar-refractivity contribution in [2.45, 2.75) is 6.92 Å². The average molecular weight is 193 g/mol. The zero-order chi connectivity index (χ0) is 10.4. The molecule has 1 heterocycles. The van der Waals surface area contributed by atoms with Gasteiger partial charge in [0.25, 0.3) is 0 Å². The summed E-state index contributed by atoms with van der Waals surface area (Å²) in [5.74, 6) is 3.54.